The first-order valence-corrected chi connectivity index (χ1v) is 8.57. The molecule has 20 heavy (non-hydrogen) atoms. The van der Waals surface area contributed by atoms with Crippen molar-refractivity contribution in [3.05, 3.63) is 44.7 Å². The predicted molar refractivity (Wildman–Crippen MR) is 81.2 cm³/mol. The van der Waals surface area contributed by atoms with Crippen LogP contribution in [0.15, 0.2) is 38.3 Å². The smallest absolute Gasteiger partial charge is 0.335 e. The van der Waals surface area contributed by atoms with Crippen LogP contribution >= 0.6 is 38.9 Å². The van der Waals surface area contributed by atoms with Gasteiger partial charge in [0.25, 0.3) is 10.0 Å². The molecule has 2 aromatic rings. The van der Waals surface area contributed by atoms with Crippen molar-refractivity contribution < 1.29 is 18.3 Å². The van der Waals surface area contributed by atoms with Gasteiger partial charge in [0.2, 0.25) is 0 Å². The van der Waals surface area contributed by atoms with Gasteiger partial charge in [-0.25, -0.2) is 13.2 Å². The highest BCUT2D eigenvalue weighted by Gasteiger charge is 2.19. The summed E-state index contributed by atoms with van der Waals surface area (Å²) >= 11 is 10.1. The van der Waals surface area contributed by atoms with Gasteiger partial charge in [-0.15, -0.1) is 11.3 Å². The summed E-state index contributed by atoms with van der Waals surface area (Å²) in [5.41, 5.74) is -0.0319. The lowest BCUT2D eigenvalue weighted by Crippen LogP contribution is -2.12. The molecule has 106 valence electrons. The van der Waals surface area contributed by atoms with Crippen LogP contribution in [0.4, 0.5) is 5.69 Å². The Morgan fingerprint density at radius 1 is 1.30 bits per heavy atom. The Morgan fingerprint density at radius 3 is 2.55 bits per heavy atom. The lowest BCUT2D eigenvalue weighted by Gasteiger charge is -2.08. The molecule has 0 aliphatic heterocycles. The van der Waals surface area contributed by atoms with Crippen molar-refractivity contribution in [3.63, 3.8) is 0 Å². The van der Waals surface area contributed by atoms with Crippen LogP contribution in [0, 0.1) is 0 Å². The third-order valence-electron chi connectivity index (χ3n) is 2.27. The Morgan fingerprint density at radius 2 is 2.00 bits per heavy atom. The van der Waals surface area contributed by atoms with E-state index in [9.17, 15) is 13.2 Å². The molecule has 1 aromatic carbocycles. The van der Waals surface area contributed by atoms with Gasteiger partial charge in [0.1, 0.15) is 4.21 Å². The van der Waals surface area contributed by atoms with Gasteiger partial charge in [-0.1, -0.05) is 11.6 Å². The van der Waals surface area contributed by atoms with Crippen LogP contribution in [0.3, 0.4) is 0 Å². The van der Waals surface area contributed by atoms with E-state index < -0.39 is 16.0 Å². The molecule has 0 aliphatic carbocycles. The van der Waals surface area contributed by atoms with Gasteiger partial charge in [-0.05, 0) is 46.3 Å². The first-order valence-electron chi connectivity index (χ1n) is 5.10. The van der Waals surface area contributed by atoms with Gasteiger partial charge >= 0.3 is 5.97 Å². The highest BCUT2D eigenvalue weighted by molar-refractivity contribution is 9.11. The average molecular weight is 397 g/mol. The summed E-state index contributed by atoms with van der Waals surface area (Å²) < 4.78 is 27.3. The third kappa shape index (κ3) is 3.32. The molecule has 2 rings (SSSR count). The number of nitrogens with one attached hydrogen (secondary N) is 1. The number of rotatable bonds is 4. The molecule has 0 radical (unpaired) electrons. The summed E-state index contributed by atoms with van der Waals surface area (Å²) in [5.74, 6) is -1.17. The number of sulfonamides is 1. The molecule has 1 heterocycles. The molecular weight excluding hydrogens is 390 g/mol. The maximum atomic E-state index is 12.1. The number of hydrogen-bond donors (Lipinski definition) is 2. The predicted octanol–water partition coefficient (Wildman–Crippen LogP) is 3.66. The average Bonchev–Trinajstić information content (AvgIpc) is 2.79. The van der Waals surface area contributed by atoms with Gasteiger partial charge < -0.3 is 5.11 Å². The molecular formula is C11H7BrClNO4S2. The van der Waals surface area contributed by atoms with Crippen molar-refractivity contribution in [2.45, 2.75) is 4.21 Å². The molecule has 0 saturated heterocycles. The molecule has 0 bridgehead atoms. The number of benzene rings is 1. The zero-order chi connectivity index (χ0) is 14.9. The Bertz CT molecular complexity index is 772. The Labute approximate surface area is 132 Å². The Kier molecular flexibility index (Phi) is 4.38. The van der Waals surface area contributed by atoms with Crippen molar-refractivity contribution in [3.8, 4) is 0 Å². The van der Waals surface area contributed by atoms with Crippen molar-refractivity contribution in [2.75, 3.05) is 4.72 Å². The summed E-state index contributed by atoms with van der Waals surface area (Å²) in [6.07, 6.45) is 0. The topological polar surface area (TPSA) is 83.5 Å². The molecule has 0 fully saturated rings. The molecule has 0 atom stereocenters. The van der Waals surface area contributed by atoms with Crippen LogP contribution in [0.5, 0.6) is 0 Å². The summed E-state index contributed by atoms with van der Waals surface area (Å²) in [6, 6.07) is 6.84. The Hall–Kier alpha value is -1.09. The number of carboxylic acid groups (broad SMARTS) is 1. The van der Waals surface area contributed by atoms with E-state index in [1.165, 1.54) is 24.3 Å². The molecule has 0 spiro atoms. The molecule has 9 heteroatoms. The van der Waals surface area contributed by atoms with E-state index in [1.54, 1.807) is 6.07 Å². The second kappa shape index (κ2) is 5.72. The number of carbonyl (C=O) groups is 1. The second-order valence-corrected chi connectivity index (χ2v) is 8.44. The van der Waals surface area contributed by atoms with E-state index in [-0.39, 0.29) is 20.5 Å². The molecule has 5 nitrogen and oxygen atoms in total. The highest BCUT2D eigenvalue weighted by atomic mass is 79.9. The first-order chi connectivity index (χ1) is 9.29. The third-order valence-corrected chi connectivity index (χ3v) is 6.08. The van der Waals surface area contributed by atoms with E-state index in [2.05, 4.69) is 20.7 Å². The van der Waals surface area contributed by atoms with Gasteiger partial charge in [0, 0.05) is 0 Å². The van der Waals surface area contributed by atoms with Crippen LogP contribution in [0.2, 0.25) is 5.02 Å². The molecule has 2 N–H and O–H groups in total. The largest absolute Gasteiger partial charge is 0.478 e. The minimum atomic E-state index is -3.80. The molecule has 0 saturated carbocycles. The molecule has 1 aromatic heterocycles. The molecule has 0 amide bonds. The van der Waals surface area contributed by atoms with Gasteiger partial charge in [-0.2, -0.15) is 0 Å². The number of halogens is 2. The normalized spacial score (nSPS) is 11.3. The van der Waals surface area contributed by atoms with Crippen molar-refractivity contribution >= 4 is 60.5 Å². The fraction of sp³-hybridized carbons (Fsp3) is 0. The summed E-state index contributed by atoms with van der Waals surface area (Å²) in [5, 5.41) is 9.01. The van der Waals surface area contributed by atoms with Gasteiger partial charge in [0.05, 0.1) is 20.1 Å². The SMILES string of the molecule is O=C(O)c1ccc(Cl)c(NS(=O)(=O)c2ccc(Br)s2)c1. The van der Waals surface area contributed by atoms with E-state index in [0.29, 0.717) is 3.79 Å². The number of thiophene rings is 1. The Balaban J connectivity index is 2.39. The van der Waals surface area contributed by atoms with Crippen LogP contribution in [-0.2, 0) is 10.0 Å². The number of carboxylic acids is 1. The van der Waals surface area contributed by atoms with E-state index in [1.807, 2.05) is 0 Å². The lowest BCUT2D eigenvalue weighted by atomic mass is 10.2. The standard InChI is InChI=1S/C11H7BrClNO4S2/c12-9-3-4-10(19-9)20(17,18)14-8-5-6(11(15)16)1-2-7(8)13/h1-5,14H,(H,15,16). The first kappa shape index (κ1) is 15.3. The van der Waals surface area contributed by atoms with Crippen molar-refractivity contribution in [1.82, 2.24) is 0 Å². The highest BCUT2D eigenvalue weighted by Crippen LogP contribution is 2.30. The summed E-state index contributed by atoms with van der Waals surface area (Å²) in [4.78, 5) is 10.9. The maximum Gasteiger partial charge on any atom is 0.335 e. The fourth-order valence-electron chi connectivity index (χ4n) is 1.37. The number of aromatic carboxylic acids is 1. The van der Waals surface area contributed by atoms with Crippen LogP contribution < -0.4 is 4.72 Å². The van der Waals surface area contributed by atoms with E-state index >= 15 is 0 Å². The quantitative estimate of drug-likeness (QED) is 0.826. The van der Waals surface area contributed by atoms with Gasteiger partial charge in [0.15, 0.2) is 0 Å². The van der Waals surface area contributed by atoms with Crippen LogP contribution in [0.25, 0.3) is 0 Å². The number of hydrogen-bond acceptors (Lipinski definition) is 4. The monoisotopic (exact) mass is 395 g/mol. The zero-order valence-corrected chi connectivity index (χ0v) is 13.6. The summed E-state index contributed by atoms with van der Waals surface area (Å²) in [7, 11) is -3.80. The molecule has 0 unspecified atom stereocenters. The van der Waals surface area contributed by atoms with Crippen LogP contribution in [0.1, 0.15) is 10.4 Å². The second-order valence-electron chi connectivity index (χ2n) is 3.66. The van der Waals surface area contributed by atoms with Crippen molar-refractivity contribution in [1.29, 1.82) is 0 Å². The van der Waals surface area contributed by atoms with Crippen molar-refractivity contribution in [2.24, 2.45) is 0 Å². The fourth-order valence-corrected chi connectivity index (χ4v) is 4.68. The minimum absolute atomic E-state index is 0.0242. The molecule has 0 aliphatic rings. The maximum absolute atomic E-state index is 12.1. The van der Waals surface area contributed by atoms with Crippen LogP contribution in [-0.4, -0.2) is 19.5 Å². The van der Waals surface area contributed by atoms with E-state index in [0.717, 1.165) is 11.3 Å². The van der Waals surface area contributed by atoms with Gasteiger partial charge in [-0.3, -0.25) is 4.72 Å². The number of anilines is 1. The lowest BCUT2D eigenvalue weighted by molar-refractivity contribution is 0.0697. The minimum Gasteiger partial charge on any atom is -0.478 e. The summed E-state index contributed by atoms with van der Waals surface area (Å²) in [6.45, 7) is 0. The van der Waals surface area contributed by atoms with E-state index in [4.69, 9.17) is 16.7 Å². The zero-order valence-electron chi connectivity index (χ0n) is 9.63.